The van der Waals surface area contributed by atoms with Gasteiger partial charge in [-0.1, -0.05) is 0 Å². The molecule has 0 aromatic heterocycles. The summed E-state index contributed by atoms with van der Waals surface area (Å²) in [6.07, 6.45) is 0.167. The van der Waals surface area contributed by atoms with Crippen LogP contribution in [0.3, 0.4) is 0 Å². The number of rotatable bonds is 0. The molecule has 2 N–H and O–H groups in total. The van der Waals surface area contributed by atoms with Gasteiger partial charge in [-0.25, -0.2) is 4.79 Å². The van der Waals surface area contributed by atoms with E-state index in [4.69, 9.17) is 15.0 Å². The molecule has 0 unspecified atom stereocenters. The van der Waals surface area contributed by atoms with Crippen LogP contribution in [-0.4, -0.2) is 16.4 Å². The molecule has 4 heteroatoms. The van der Waals surface area contributed by atoms with Gasteiger partial charge in [0.1, 0.15) is 0 Å². The molecule has 0 aromatic carbocycles. The van der Waals surface area contributed by atoms with E-state index < -0.39 is 6.16 Å². The second kappa shape index (κ2) is 15.7. The van der Waals surface area contributed by atoms with E-state index in [9.17, 15) is 0 Å². The van der Waals surface area contributed by atoms with Crippen LogP contribution in [0.5, 0.6) is 0 Å². The third-order valence-electron chi connectivity index (χ3n) is 0. The van der Waals surface area contributed by atoms with Crippen LogP contribution >= 0.6 is 0 Å². The van der Waals surface area contributed by atoms with Gasteiger partial charge in [0.2, 0.25) is 0 Å². The molecule has 0 amide bonds. The molecule has 8 heavy (non-hydrogen) atoms. The summed E-state index contributed by atoms with van der Waals surface area (Å²) in [7, 11) is 0. The van der Waals surface area contributed by atoms with Crippen molar-refractivity contribution in [2.24, 2.45) is 0 Å². The Hall–Kier alpha value is 0.906. The van der Waals surface area contributed by atoms with E-state index in [0.717, 1.165) is 0 Å². The molecule has 0 fully saturated rings. The number of hydrogen-bond donors (Lipinski definition) is 2. The van der Waals surface area contributed by atoms with E-state index in [-0.39, 0.29) is 51.4 Å². The number of hydrogen-bond acceptors (Lipinski definition) is 1. The third kappa shape index (κ3) is 293. The van der Waals surface area contributed by atoms with Gasteiger partial charge in [-0.3, -0.25) is 0 Å². The van der Waals surface area contributed by atoms with Crippen LogP contribution in [0.15, 0.2) is 0 Å². The monoisotopic (exact) mass is 144 g/mol. The Kier molecular flexibility index (Phi) is 31.3. The molecular formula is C4H9KO3. The summed E-state index contributed by atoms with van der Waals surface area (Å²) < 4.78 is 0. The van der Waals surface area contributed by atoms with Crippen LogP contribution in [0.1, 0.15) is 13.8 Å². The van der Waals surface area contributed by atoms with E-state index >= 15 is 0 Å². The van der Waals surface area contributed by atoms with Gasteiger partial charge in [0.25, 0.3) is 0 Å². The summed E-state index contributed by atoms with van der Waals surface area (Å²) in [6, 6.07) is 0. The van der Waals surface area contributed by atoms with E-state index in [0.29, 0.717) is 0 Å². The Morgan fingerprint density at radius 3 is 1.38 bits per heavy atom. The molecule has 0 aliphatic heterocycles. The maximum absolute atomic E-state index is 8.56. The van der Waals surface area contributed by atoms with Gasteiger partial charge >= 0.3 is 57.5 Å². The topological polar surface area (TPSA) is 57.5 Å². The first-order valence-corrected chi connectivity index (χ1v) is 1.81. The van der Waals surface area contributed by atoms with Crippen molar-refractivity contribution in [3.05, 3.63) is 6.42 Å². The van der Waals surface area contributed by atoms with E-state index in [1.54, 1.807) is 0 Å². The summed E-state index contributed by atoms with van der Waals surface area (Å²) in [4.78, 5) is 8.56. The van der Waals surface area contributed by atoms with Crippen molar-refractivity contribution in [2.45, 2.75) is 13.8 Å². The summed E-state index contributed by atoms with van der Waals surface area (Å²) in [5.41, 5.74) is 0. The van der Waals surface area contributed by atoms with Crippen molar-refractivity contribution in [3.63, 3.8) is 0 Å². The standard InChI is InChI=1S/C3H7.CH2O3.K/c1-3-2;2-1(3)4;/h3H,1-2H3;(H2,2,3,4);/q-1;;+1. The average Bonchev–Trinajstić information content (AvgIpc) is 1.33. The second-order valence-corrected chi connectivity index (χ2v) is 0.860. The zero-order valence-electron chi connectivity index (χ0n) is 5.38. The smallest absolute Gasteiger partial charge is 0.450 e. The van der Waals surface area contributed by atoms with Crippen LogP contribution in [0.2, 0.25) is 0 Å². The minimum absolute atomic E-state index is 0. The first-order chi connectivity index (χ1) is 3.15. The molecule has 0 atom stereocenters. The zero-order chi connectivity index (χ0) is 6.28. The first kappa shape index (κ1) is 16.0. The van der Waals surface area contributed by atoms with Gasteiger partial charge in [0.15, 0.2) is 0 Å². The van der Waals surface area contributed by atoms with Gasteiger partial charge < -0.3 is 16.6 Å². The molecule has 0 radical (unpaired) electrons. The fraction of sp³-hybridized carbons (Fsp3) is 0.500. The van der Waals surface area contributed by atoms with Crippen LogP contribution < -0.4 is 51.4 Å². The predicted molar refractivity (Wildman–Crippen MR) is 26.3 cm³/mol. The molecule has 0 aromatic rings. The SMILES string of the molecule is C[CH-]C.O=C(O)O.[K+]. The molecule has 0 rings (SSSR count). The minimum Gasteiger partial charge on any atom is -0.450 e. The van der Waals surface area contributed by atoms with E-state index in [2.05, 4.69) is 0 Å². The molecule has 3 nitrogen and oxygen atoms in total. The van der Waals surface area contributed by atoms with Gasteiger partial charge in [0, 0.05) is 0 Å². The first-order valence-electron chi connectivity index (χ1n) is 1.81. The molecule has 0 saturated carbocycles. The largest absolute Gasteiger partial charge is 1.00 e. The minimum atomic E-state index is -1.83. The molecule has 0 bridgehead atoms. The summed E-state index contributed by atoms with van der Waals surface area (Å²) >= 11 is 0. The van der Waals surface area contributed by atoms with Crippen molar-refractivity contribution in [1.29, 1.82) is 0 Å². The molecule has 0 aliphatic carbocycles. The van der Waals surface area contributed by atoms with E-state index in [1.165, 1.54) is 0 Å². The molecule has 0 heterocycles. The Labute approximate surface area is 91.5 Å². The Balaban J connectivity index is -0.0000000575. The van der Waals surface area contributed by atoms with Gasteiger partial charge in [-0.15, -0.1) is 0 Å². The van der Waals surface area contributed by atoms with Gasteiger partial charge in [0.05, 0.1) is 0 Å². The summed E-state index contributed by atoms with van der Waals surface area (Å²) in [5.74, 6) is 0. The number of carboxylic acid groups (broad SMARTS) is 2. The predicted octanol–water partition coefficient (Wildman–Crippen LogP) is -1.54. The van der Waals surface area contributed by atoms with Gasteiger partial charge in [-0.05, 0) is 0 Å². The van der Waals surface area contributed by atoms with Crippen LogP contribution in [0.4, 0.5) is 4.79 Å². The van der Waals surface area contributed by atoms with E-state index in [1.807, 2.05) is 20.3 Å². The molecule has 44 valence electrons. The van der Waals surface area contributed by atoms with Crippen LogP contribution in [0.25, 0.3) is 0 Å². The van der Waals surface area contributed by atoms with Crippen molar-refractivity contribution >= 4 is 6.16 Å². The fourth-order valence-corrected chi connectivity index (χ4v) is 0. The third-order valence-corrected chi connectivity index (χ3v) is 0. The number of carbonyl (C=O) groups is 1. The summed E-state index contributed by atoms with van der Waals surface area (Å²) in [6.45, 7) is 4.00. The quantitative estimate of drug-likeness (QED) is 0.320. The average molecular weight is 144 g/mol. The molecule has 0 spiro atoms. The molecule has 0 saturated heterocycles. The van der Waals surface area contributed by atoms with Crippen molar-refractivity contribution in [3.8, 4) is 0 Å². The van der Waals surface area contributed by atoms with Crippen molar-refractivity contribution in [2.75, 3.05) is 0 Å². The van der Waals surface area contributed by atoms with Crippen LogP contribution in [0, 0.1) is 6.42 Å². The van der Waals surface area contributed by atoms with Crippen molar-refractivity contribution < 1.29 is 66.4 Å². The van der Waals surface area contributed by atoms with Crippen LogP contribution in [-0.2, 0) is 0 Å². The summed E-state index contributed by atoms with van der Waals surface area (Å²) in [5, 5.41) is 13.9. The maximum Gasteiger partial charge on any atom is 1.00 e. The maximum atomic E-state index is 8.56. The Morgan fingerprint density at radius 1 is 1.38 bits per heavy atom. The normalized spacial score (nSPS) is 5.25. The Morgan fingerprint density at radius 2 is 1.38 bits per heavy atom. The molecular weight excluding hydrogens is 135 g/mol. The fourth-order valence-electron chi connectivity index (χ4n) is 0. The van der Waals surface area contributed by atoms with Crippen molar-refractivity contribution in [1.82, 2.24) is 0 Å². The Bertz CT molecular complexity index is 42.5. The molecule has 0 aliphatic rings. The van der Waals surface area contributed by atoms with Gasteiger partial charge in [-0.2, -0.15) is 13.8 Å². The zero-order valence-corrected chi connectivity index (χ0v) is 8.50. The second-order valence-electron chi connectivity index (χ2n) is 0.860.